The number of aromatic nitrogens is 2. The van der Waals surface area contributed by atoms with Crippen LogP contribution >= 0.6 is 11.6 Å². The molecule has 2 aliphatic rings. The second-order valence-corrected chi connectivity index (χ2v) is 6.07. The first-order valence-electron chi connectivity index (χ1n) is 6.62. The number of nitrogens with two attached hydrogens (primary N) is 1. The molecule has 0 spiro atoms. The van der Waals surface area contributed by atoms with Gasteiger partial charge in [0.25, 0.3) is 0 Å². The van der Waals surface area contributed by atoms with Crippen molar-refractivity contribution >= 4 is 23.1 Å². The number of nitrogens with zero attached hydrogens (tertiary/aromatic N) is 3. The van der Waals surface area contributed by atoms with Crippen LogP contribution in [0.25, 0.3) is 0 Å². The van der Waals surface area contributed by atoms with E-state index in [-0.39, 0.29) is 5.28 Å². The van der Waals surface area contributed by atoms with Gasteiger partial charge in [0.15, 0.2) is 5.82 Å². The highest BCUT2D eigenvalue weighted by molar-refractivity contribution is 6.28. The first-order valence-corrected chi connectivity index (χ1v) is 7.00. The molecule has 1 aromatic rings. The highest BCUT2D eigenvalue weighted by Crippen LogP contribution is 2.48. The van der Waals surface area contributed by atoms with E-state index >= 15 is 0 Å². The summed E-state index contributed by atoms with van der Waals surface area (Å²) in [6.45, 7) is 1.03. The molecule has 3 unspecified atom stereocenters. The number of halogens is 1. The molecule has 5 heteroatoms. The molecule has 0 aliphatic heterocycles. The molecule has 2 fully saturated rings. The quantitative estimate of drug-likeness (QED) is 0.855. The normalized spacial score (nSPS) is 29.8. The summed E-state index contributed by atoms with van der Waals surface area (Å²) in [6, 6.07) is 0. The minimum absolute atomic E-state index is 0.263. The zero-order valence-corrected chi connectivity index (χ0v) is 11.4. The average molecular weight is 267 g/mol. The molecule has 1 aromatic heterocycles. The van der Waals surface area contributed by atoms with Crippen molar-refractivity contribution in [2.45, 2.75) is 25.7 Å². The molecule has 0 radical (unpaired) electrons. The molecule has 2 saturated carbocycles. The summed E-state index contributed by atoms with van der Waals surface area (Å²) in [5, 5.41) is 0.263. The summed E-state index contributed by atoms with van der Waals surface area (Å²) < 4.78 is 0. The van der Waals surface area contributed by atoms with E-state index in [0.717, 1.165) is 30.1 Å². The standard InChI is InChI=1S/C13H19ClN4/c1-18(12-11(15)6-16-13(14)17-12)7-10-5-8-2-3-9(10)4-8/h6,8-10H,2-5,7,15H2,1H3. The SMILES string of the molecule is CN(CC1CC2CCC1C2)c1nc(Cl)ncc1N. The lowest BCUT2D eigenvalue weighted by molar-refractivity contribution is 0.337. The van der Waals surface area contributed by atoms with Crippen LogP contribution in [0.4, 0.5) is 11.5 Å². The highest BCUT2D eigenvalue weighted by atomic mass is 35.5. The molecule has 0 saturated heterocycles. The lowest BCUT2D eigenvalue weighted by Gasteiger charge is -2.28. The number of nitrogen functional groups attached to an aromatic ring is 1. The Morgan fingerprint density at radius 3 is 2.94 bits per heavy atom. The molecular formula is C13H19ClN4. The Bertz CT molecular complexity index is 451. The van der Waals surface area contributed by atoms with E-state index in [1.54, 1.807) is 6.20 Å². The van der Waals surface area contributed by atoms with Gasteiger partial charge in [-0.3, -0.25) is 0 Å². The lowest BCUT2D eigenvalue weighted by atomic mass is 9.88. The highest BCUT2D eigenvalue weighted by Gasteiger charge is 2.39. The fourth-order valence-corrected chi connectivity index (χ4v) is 3.83. The number of fused-ring (bicyclic) bond motifs is 2. The van der Waals surface area contributed by atoms with Crippen LogP contribution in [0.5, 0.6) is 0 Å². The third kappa shape index (κ3) is 2.14. The van der Waals surface area contributed by atoms with Crippen LogP contribution in [0.3, 0.4) is 0 Å². The van der Waals surface area contributed by atoms with Crippen molar-refractivity contribution in [1.82, 2.24) is 9.97 Å². The fraction of sp³-hybridized carbons (Fsp3) is 0.692. The van der Waals surface area contributed by atoms with Gasteiger partial charge in [-0.25, -0.2) is 4.98 Å². The Labute approximate surface area is 113 Å². The number of anilines is 2. The van der Waals surface area contributed by atoms with Crippen molar-refractivity contribution in [3.8, 4) is 0 Å². The molecule has 98 valence electrons. The second kappa shape index (κ2) is 4.57. The van der Waals surface area contributed by atoms with E-state index in [9.17, 15) is 0 Å². The van der Waals surface area contributed by atoms with Crippen molar-refractivity contribution in [3.05, 3.63) is 11.5 Å². The van der Waals surface area contributed by atoms with Gasteiger partial charge < -0.3 is 10.6 Å². The Morgan fingerprint density at radius 2 is 2.28 bits per heavy atom. The summed E-state index contributed by atoms with van der Waals surface area (Å²) in [7, 11) is 2.04. The Hall–Kier alpha value is -1.03. The van der Waals surface area contributed by atoms with Gasteiger partial charge in [0.05, 0.1) is 11.9 Å². The Balaban J connectivity index is 1.71. The third-order valence-corrected chi connectivity index (χ3v) is 4.70. The summed E-state index contributed by atoms with van der Waals surface area (Å²) in [6.07, 6.45) is 7.23. The van der Waals surface area contributed by atoms with Gasteiger partial charge in [-0.2, -0.15) is 4.98 Å². The second-order valence-electron chi connectivity index (χ2n) is 5.73. The molecule has 3 rings (SSSR count). The van der Waals surface area contributed by atoms with E-state index in [1.165, 1.54) is 25.7 Å². The molecule has 1 heterocycles. The Kier molecular flexibility index (Phi) is 3.06. The van der Waals surface area contributed by atoms with E-state index in [4.69, 9.17) is 17.3 Å². The zero-order valence-electron chi connectivity index (χ0n) is 10.6. The van der Waals surface area contributed by atoms with Crippen molar-refractivity contribution in [2.24, 2.45) is 17.8 Å². The molecule has 18 heavy (non-hydrogen) atoms. The third-order valence-electron chi connectivity index (χ3n) is 4.52. The maximum Gasteiger partial charge on any atom is 0.224 e. The van der Waals surface area contributed by atoms with Crippen LogP contribution in [0.15, 0.2) is 6.20 Å². The lowest BCUT2D eigenvalue weighted by Crippen LogP contribution is -2.29. The van der Waals surface area contributed by atoms with E-state index in [1.807, 2.05) is 7.05 Å². The Morgan fingerprint density at radius 1 is 1.44 bits per heavy atom. The predicted octanol–water partition coefficient (Wildman–Crippen LogP) is 2.58. The monoisotopic (exact) mass is 266 g/mol. The maximum atomic E-state index is 5.92. The summed E-state index contributed by atoms with van der Waals surface area (Å²) in [5.41, 5.74) is 6.52. The van der Waals surface area contributed by atoms with Crippen molar-refractivity contribution in [1.29, 1.82) is 0 Å². The van der Waals surface area contributed by atoms with E-state index < -0.39 is 0 Å². The minimum atomic E-state index is 0.263. The summed E-state index contributed by atoms with van der Waals surface area (Å²) in [4.78, 5) is 10.3. The van der Waals surface area contributed by atoms with Crippen LogP contribution in [-0.2, 0) is 0 Å². The fourth-order valence-electron chi connectivity index (χ4n) is 3.71. The van der Waals surface area contributed by atoms with Crippen LogP contribution < -0.4 is 10.6 Å². The molecule has 2 N–H and O–H groups in total. The summed E-state index contributed by atoms with van der Waals surface area (Å²) in [5.74, 6) is 3.44. The topological polar surface area (TPSA) is 55.0 Å². The van der Waals surface area contributed by atoms with Gasteiger partial charge in [-0.1, -0.05) is 6.42 Å². The van der Waals surface area contributed by atoms with Gasteiger partial charge >= 0.3 is 0 Å². The minimum Gasteiger partial charge on any atom is -0.394 e. The van der Waals surface area contributed by atoms with Crippen LogP contribution in [0, 0.1) is 17.8 Å². The first kappa shape index (κ1) is 12.0. The van der Waals surface area contributed by atoms with Gasteiger partial charge in [0, 0.05) is 13.6 Å². The van der Waals surface area contributed by atoms with Crippen molar-refractivity contribution in [3.63, 3.8) is 0 Å². The van der Waals surface area contributed by atoms with Crippen LogP contribution in [-0.4, -0.2) is 23.6 Å². The number of hydrogen-bond acceptors (Lipinski definition) is 4. The molecular weight excluding hydrogens is 248 g/mol. The average Bonchev–Trinajstić information content (AvgIpc) is 2.94. The van der Waals surface area contributed by atoms with Gasteiger partial charge in [0.1, 0.15) is 0 Å². The molecule has 2 bridgehead atoms. The van der Waals surface area contributed by atoms with Gasteiger partial charge in [0.2, 0.25) is 5.28 Å². The predicted molar refractivity (Wildman–Crippen MR) is 73.7 cm³/mol. The first-order chi connectivity index (χ1) is 8.63. The molecule has 0 aromatic carbocycles. The number of hydrogen-bond donors (Lipinski definition) is 1. The summed E-state index contributed by atoms with van der Waals surface area (Å²) >= 11 is 5.84. The zero-order chi connectivity index (χ0) is 12.7. The largest absolute Gasteiger partial charge is 0.394 e. The van der Waals surface area contributed by atoms with E-state index in [0.29, 0.717) is 5.69 Å². The van der Waals surface area contributed by atoms with E-state index in [2.05, 4.69) is 14.9 Å². The maximum absolute atomic E-state index is 5.92. The molecule has 4 nitrogen and oxygen atoms in total. The van der Waals surface area contributed by atoms with Gasteiger partial charge in [-0.15, -0.1) is 0 Å². The van der Waals surface area contributed by atoms with Crippen LogP contribution in [0.2, 0.25) is 5.28 Å². The van der Waals surface area contributed by atoms with Crippen molar-refractivity contribution in [2.75, 3.05) is 24.2 Å². The smallest absolute Gasteiger partial charge is 0.224 e. The van der Waals surface area contributed by atoms with Crippen molar-refractivity contribution < 1.29 is 0 Å². The number of rotatable bonds is 3. The molecule has 0 amide bonds. The molecule has 3 atom stereocenters. The molecule has 2 aliphatic carbocycles. The van der Waals surface area contributed by atoms with Gasteiger partial charge in [-0.05, 0) is 48.6 Å². The van der Waals surface area contributed by atoms with Crippen LogP contribution in [0.1, 0.15) is 25.7 Å².